The highest BCUT2D eigenvalue weighted by atomic mass is 31.3. The largest absolute Gasteiger partial charge is 0.859 e. The minimum absolute atomic E-state index is 0.262. The number of hydrogen-bond donors (Lipinski definition) is 8. The number of rotatable bonds is 10. The number of ether oxygens (including phenoxy) is 2. The van der Waals surface area contributed by atoms with Crippen LogP contribution in [0.2, 0.25) is 0 Å². The fourth-order valence-corrected chi connectivity index (χ4v) is 9.05. The summed E-state index contributed by atoms with van der Waals surface area (Å²) < 4.78 is 57.7. The third-order valence-electron chi connectivity index (χ3n) is 8.46. The monoisotopic (exact) mass is 834 g/mol. The van der Waals surface area contributed by atoms with Crippen LogP contribution in [0.4, 0.5) is 0 Å². The summed E-state index contributed by atoms with van der Waals surface area (Å²) in [7, 11) is -15.0. The van der Waals surface area contributed by atoms with Gasteiger partial charge < -0.3 is 84.9 Å². The van der Waals surface area contributed by atoms with Crippen molar-refractivity contribution in [2.24, 2.45) is 20.7 Å². The maximum Gasteiger partial charge on any atom is 0.278 e. The second-order valence-corrected chi connectivity index (χ2v) is 16.4. The summed E-state index contributed by atoms with van der Waals surface area (Å²) >= 11 is 0. The van der Waals surface area contributed by atoms with E-state index in [4.69, 9.17) is 25.7 Å². The lowest BCUT2D eigenvalue weighted by Crippen LogP contribution is -2.62. The van der Waals surface area contributed by atoms with Crippen molar-refractivity contribution >= 4 is 59.9 Å². The predicted molar refractivity (Wildman–Crippen MR) is 160 cm³/mol. The molecule has 14 atom stereocenters. The molecule has 2 fully saturated rings. The molecule has 0 aromatic carbocycles. The molecule has 6 rings (SSSR count). The van der Waals surface area contributed by atoms with E-state index in [1.807, 2.05) is 0 Å². The van der Waals surface area contributed by atoms with E-state index in [0.717, 1.165) is 0 Å². The first-order chi connectivity index (χ1) is 24.9. The summed E-state index contributed by atoms with van der Waals surface area (Å²) in [5.74, 6) is -1.69. The lowest BCUT2D eigenvalue weighted by molar-refractivity contribution is -0.519. The van der Waals surface area contributed by atoms with E-state index < -0.39 is 122 Å². The number of likely N-dealkylation sites (N-methyl/N-ethyl adjacent to an activating group) is 2. The van der Waals surface area contributed by atoms with Crippen LogP contribution in [-0.2, 0) is 36.3 Å². The predicted octanol–water partition coefficient (Wildman–Crippen LogP) is -11.6. The number of aliphatic hydroxyl groups is 5. The van der Waals surface area contributed by atoms with Gasteiger partial charge in [-0.1, -0.05) is 0 Å². The first kappa shape index (κ1) is 42.1. The number of fused-ring (bicyclic) bond motifs is 2. The van der Waals surface area contributed by atoms with Crippen LogP contribution in [0.15, 0.2) is 15.0 Å². The first-order valence-corrected chi connectivity index (χ1v) is 19.6. The first-order valence-electron chi connectivity index (χ1n) is 15.2. The van der Waals surface area contributed by atoms with Gasteiger partial charge in [-0.15, -0.1) is 0 Å². The van der Waals surface area contributed by atoms with Gasteiger partial charge in [0.15, 0.2) is 12.1 Å². The molecule has 0 spiro atoms. The quantitative estimate of drug-likeness (QED) is 0.0748. The van der Waals surface area contributed by atoms with Crippen LogP contribution in [0.3, 0.4) is 0 Å². The van der Waals surface area contributed by atoms with Crippen molar-refractivity contribution in [1.29, 1.82) is 5.41 Å². The molecule has 0 aromatic heterocycles. The van der Waals surface area contributed by atoms with Crippen molar-refractivity contribution in [2.45, 2.75) is 73.5 Å². The highest BCUT2D eigenvalue weighted by Crippen LogP contribution is 2.60. The van der Waals surface area contributed by atoms with Crippen LogP contribution in [0.25, 0.3) is 0 Å². The molecular formula is C22H33N10O19P3-4. The maximum atomic E-state index is 12.1. The second kappa shape index (κ2) is 15.5. The van der Waals surface area contributed by atoms with E-state index in [2.05, 4.69) is 33.4 Å². The molecule has 9 N–H and O–H groups in total. The highest BCUT2D eigenvalue weighted by Gasteiger charge is 2.56. The van der Waals surface area contributed by atoms with Gasteiger partial charge in [0.25, 0.3) is 15.6 Å². The summed E-state index contributed by atoms with van der Waals surface area (Å²) in [6.07, 6.45) is -9.48. The molecule has 304 valence electrons. The van der Waals surface area contributed by atoms with Gasteiger partial charge in [0.05, 0.1) is 35.1 Å². The molecule has 29 nitrogen and oxygen atoms in total. The number of nitrogens with zero attached hydrogens (tertiary/aromatic N) is 7. The number of phosphoric acid groups is 3. The molecule has 8 unspecified atom stereocenters. The Morgan fingerprint density at radius 2 is 1.41 bits per heavy atom. The van der Waals surface area contributed by atoms with Gasteiger partial charge in [-0.05, 0) is 0 Å². The Morgan fingerprint density at radius 1 is 0.870 bits per heavy atom. The van der Waals surface area contributed by atoms with Crippen LogP contribution in [-0.4, -0.2) is 182 Å². The van der Waals surface area contributed by atoms with Crippen LogP contribution >= 0.6 is 23.5 Å². The number of nitrogens with one attached hydrogen (secondary N) is 2. The van der Waals surface area contributed by atoms with E-state index in [0.29, 0.717) is 0 Å². The maximum absolute atomic E-state index is 12.1. The number of aliphatic imine (C=N–C) groups is 3. The number of nitrogens with two attached hydrogens (primary N) is 1. The van der Waals surface area contributed by atoms with Crippen molar-refractivity contribution in [3.8, 4) is 0 Å². The van der Waals surface area contributed by atoms with Gasteiger partial charge in [0.2, 0.25) is 49.4 Å². The van der Waals surface area contributed by atoms with Crippen molar-refractivity contribution in [3.63, 3.8) is 0 Å². The van der Waals surface area contributed by atoms with Crippen LogP contribution in [0, 0.1) is 5.41 Å². The average Bonchev–Trinajstić information content (AvgIpc) is 3.71. The Kier molecular flexibility index (Phi) is 12.1. The minimum atomic E-state index is -6.17. The van der Waals surface area contributed by atoms with Gasteiger partial charge in [-0.25, -0.2) is 24.1 Å². The van der Waals surface area contributed by atoms with Crippen LogP contribution in [0.5, 0.6) is 0 Å². The Balaban J connectivity index is 0.000000228. The summed E-state index contributed by atoms with van der Waals surface area (Å²) in [6, 6.07) is -1.56. The molecule has 54 heavy (non-hydrogen) atoms. The van der Waals surface area contributed by atoms with Gasteiger partial charge in [-0.2, -0.15) is 4.99 Å². The molecule has 0 amide bonds. The molecule has 32 heteroatoms. The zero-order chi connectivity index (χ0) is 40.2. The molecule has 0 bridgehead atoms. The smallest absolute Gasteiger partial charge is 0.278 e. The SMILES string of the molecule is C[N+]1=CN([C@@H]2O[C@H](CO)[C@H](O)C2O)C2NC(=N)N=C([O-])C21.C[N+]1=CN([C@@H]2O[C@H](COP(=O)([O-])OP(=O)([O-])OP(=O)([O-])[O-])[C@H](O)C2O)C2N=C(N)N=C([O-])C21. The number of hydrogen-bond acceptors (Lipinski definition) is 25. The third-order valence-corrected chi connectivity index (χ3v) is 12.1. The highest BCUT2D eigenvalue weighted by molar-refractivity contribution is 7.64. The fraction of sp³-hybridized carbons (Fsp3) is 0.727. The molecule has 0 saturated carbocycles. The average molecular weight is 834 g/mol. The van der Waals surface area contributed by atoms with E-state index >= 15 is 0 Å². The van der Waals surface area contributed by atoms with E-state index in [1.165, 1.54) is 27.8 Å². The number of phosphoric ester groups is 1. The van der Waals surface area contributed by atoms with Crippen LogP contribution in [0.1, 0.15) is 0 Å². The Hall–Kier alpha value is -3.05. The lowest BCUT2D eigenvalue weighted by atomic mass is 10.1. The Labute approximate surface area is 302 Å². The second-order valence-electron chi connectivity index (χ2n) is 12.2. The van der Waals surface area contributed by atoms with Crippen molar-refractivity contribution < 1.29 is 101 Å². The molecular weight excluding hydrogens is 801 g/mol. The van der Waals surface area contributed by atoms with E-state index in [1.54, 1.807) is 18.0 Å². The van der Waals surface area contributed by atoms with Gasteiger partial charge in [0, 0.05) is 11.8 Å². The van der Waals surface area contributed by atoms with Crippen LogP contribution < -0.4 is 40.8 Å². The summed E-state index contributed by atoms with van der Waals surface area (Å²) in [6.45, 7) is -1.54. The summed E-state index contributed by atoms with van der Waals surface area (Å²) in [5, 5.41) is 83.8. The molecule has 6 heterocycles. The number of guanidine groups is 2. The summed E-state index contributed by atoms with van der Waals surface area (Å²) in [4.78, 5) is 57.3. The van der Waals surface area contributed by atoms with E-state index in [-0.39, 0.29) is 11.9 Å². The van der Waals surface area contributed by atoms with E-state index in [9.17, 15) is 63.9 Å². The third kappa shape index (κ3) is 8.82. The molecule has 2 saturated heterocycles. The van der Waals surface area contributed by atoms with Crippen molar-refractivity contribution in [2.75, 3.05) is 27.3 Å². The molecule has 0 aromatic rings. The fourth-order valence-electron chi connectivity index (χ4n) is 6.19. The Morgan fingerprint density at radius 3 is 2.00 bits per heavy atom. The zero-order valence-corrected chi connectivity index (χ0v) is 30.2. The lowest BCUT2D eigenvalue weighted by Gasteiger charge is -2.37. The zero-order valence-electron chi connectivity index (χ0n) is 27.5. The normalized spacial score (nSPS) is 38.4. The van der Waals surface area contributed by atoms with Crippen molar-refractivity contribution in [3.05, 3.63) is 0 Å². The molecule has 0 radical (unpaired) electrons. The summed E-state index contributed by atoms with van der Waals surface area (Å²) in [5.41, 5.74) is 5.50. The van der Waals surface area contributed by atoms with Gasteiger partial charge >= 0.3 is 0 Å². The topological polar surface area (TPSA) is 448 Å². The minimum Gasteiger partial charge on any atom is -0.859 e. The van der Waals surface area contributed by atoms with Gasteiger partial charge in [-0.3, -0.25) is 28.0 Å². The standard InChI is InChI=1S/C11H20N5O14P3.C11H17N5O5/c1-15-3-16(8-5(15)9(19)14-11(12)13-8)10-7(18)6(17)4(28-10)2-27-32(23,24)30-33(25,26)29-31(20,21)22;1-15-3-16(8-5(15)9(20)14-11(12)13-8)10-7(19)6(18)4(2-17)21-10/h3-8,10,17-18H,2H2,1H3,(H6-,12,13,14,19,20,21,22,23,24,25,26);3-8,10,17-19H,2H2,1H3,(H2-,12,13,14,20)/p-4/t2*4-,5?,6+,7?,8?,10-/m11/s1. The number of aliphatic hydroxyl groups excluding tert-OH is 5. The molecule has 6 aliphatic rings. The van der Waals surface area contributed by atoms with Crippen molar-refractivity contribution in [1.82, 2.24) is 15.1 Å². The molecule has 6 aliphatic heterocycles. The molecule has 0 aliphatic carbocycles. The Bertz CT molecular complexity index is 1790. The van der Waals surface area contributed by atoms with Gasteiger partial charge in [0.1, 0.15) is 36.6 Å².